The van der Waals surface area contributed by atoms with E-state index in [-0.39, 0.29) is 18.5 Å². The number of carbonyl (C=O) groups excluding carboxylic acids is 1. The van der Waals surface area contributed by atoms with Crippen molar-refractivity contribution in [2.75, 3.05) is 27.7 Å². The van der Waals surface area contributed by atoms with Crippen LogP contribution in [-0.4, -0.2) is 66.5 Å². The van der Waals surface area contributed by atoms with E-state index in [0.29, 0.717) is 17.4 Å². The summed E-state index contributed by atoms with van der Waals surface area (Å²) >= 11 is 0. The van der Waals surface area contributed by atoms with Crippen LogP contribution in [0.5, 0.6) is 0 Å². The molecule has 6 heteroatoms. The summed E-state index contributed by atoms with van der Waals surface area (Å²) in [6.45, 7) is 2.31. The molecule has 0 spiro atoms. The number of quaternary nitrogens is 1. The Bertz CT molecular complexity index is 377. The highest BCUT2D eigenvalue weighted by Crippen LogP contribution is 2.12. The number of aliphatic hydroxyl groups excluding tert-OH is 1. The van der Waals surface area contributed by atoms with E-state index in [4.69, 9.17) is 9.84 Å². The largest absolute Gasteiger partial charge is 0.481 e. The Balaban J connectivity index is 3.80. The van der Waals surface area contributed by atoms with Crippen molar-refractivity contribution in [3.8, 4) is 0 Å². The molecule has 0 aliphatic carbocycles. The van der Waals surface area contributed by atoms with E-state index in [0.717, 1.165) is 44.9 Å². The van der Waals surface area contributed by atoms with Crippen LogP contribution in [0.3, 0.4) is 0 Å². The number of carbonyl (C=O) groups is 2. The van der Waals surface area contributed by atoms with Crippen LogP contribution in [0, 0.1) is 0 Å². The van der Waals surface area contributed by atoms with Gasteiger partial charge in [-0.05, 0) is 19.8 Å². The van der Waals surface area contributed by atoms with Crippen LogP contribution in [0.4, 0.5) is 0 Å². The van der Waals surface area contributed by atoms with Crippen molar-refractivity contribution in [1.82, 2.24) is 0 Å². The summed E-state index contributed by atoms with van der Waals surface area (Å²) in [6, 6.07) is 0. The number of rotatable bonds is 15. The molecule has 0 saturated heterocycles. The molecular formula is C19H38NO5+. The number of ether oxygens (including phenoxy) is 1. The quantitative estimate of drug-likeness (QED) is 0.266. The predicted molar refractivity (Wildman–Crippen MR) is 98.3 cm³/mol. The summed E-state index contributed by atoms with van der Waals surface area (Å²) in [4.78, 5) is 22.8. The number of carboxylic acids is 1. The zero-order valence-electron chi connectivity index (χ0n) is 16.5. The van der Waals surface area contributed by atoms with Crippen molar-refractivity contribution in [3.05, 3.63) is 0 Å². The molecule has 2 atom stereocenters. The Kier molecular flexibility index (Phi) is 12.5. The summed E-state index contributed by atoms with van der Waals surface area (Å²) < 4.78 is 5.92. The van der Waals surface area contributed by atoms with Crippen LogP contribution in [0.15, 0.2) is 0 Å². The smallest absolute Gasteiger partial charge is 0.307 e. The Morgan fingerprint density at radius 1 is 0.960 bits per heavy atom. The normalized spacial score (nSPS) is 14.1. The van der Waals surface area contributed by atoms with Gasteiger partial charge in [0.05, 0.1) is 33.7 Å². The van der Waals surface area contributed by atoms with Crippen molar-refractivity contribution in [2.24, 2.45) is 0 Å². The highest BCUT2D eigenvalue weighted by molar-refractivity contribution is 5.71. The maximum absolute atomic E-state index is 11.9. The first-order valence-electron chi connectivity index (χ1n) is 9.50. The number of hydrogen-bond donors (Lipinski definition) is 2. The molecule has 148 valence electrons. The molecule has 0 aromatic carbocycles. The van der Waals surface area contributed by atoms with Crippen LogP contribution in [0.1, 0.15) is 71.1 Å². The van der Waals surface area contributed by atoms with Crippen LogP contribution in [0.2, 0.25) is 0 Å². The highest BCUT2D eigenvalue weighted by atomic mass is 16.5. The third kappa shape index (κ3) is 17.5. The van der Waals surface area contributed by atoms with Gasteiger partial charge in [0, 0.05) is 6.42 Å². The van der Waals surface area contributed by atoms with Gasteiger partial charge >= 0.3 is 11.9 Å². The molecule has 0 rings (SSSR count). The molecule has 2 unspecified atom stereocenters. The second kappa shape index (κ2) is 13.1. The molecule has 0 aromatic rings. The molecule has 0 radical (unpaired) electrons. The first-order chi connectivity index (χ1) is 11.6. The van der Waals surface area contributed by atoms with Crippen molar-refractivity contribution in [3.63, 3.8) is 0 Å². The van der Waals surface area contributed by atoms with Gasteiger partial charge in [0.2, 0.25) is 0 Å². The Morgan fingerprint density at radius 2 is 1.48 bits per heavy atom. The van der Waals surface area contributed by atoms with Gasteiger partial charge in [-0.2, -0.15) is 0 Å². The molecule has 6 nitrogen and oxygen atoms in total. The maximum atomic E-state index is 11.9. The van der Waals surface area contributed by atoms with Gasteiger partial charge in [0.1, 0.15) is 6.54 Å². The second-order valence-electron chi connectivity index (χ2n) is 8.05. The number of aliphatic carboxylic acids is 1. The van der Waals surface area contributed by atoms with Crippen molar-refractivity contribution >= 4 is 11.9 Å². The van der Waals surface area contributed by atoms with E-state index in [1.807, 2.05) is 28.1 Å². The summed E-state index contributed by atoms with van der Waals surface area (Å²) in [5, 5.41) is 18.1. The monoisotopic (exact) mass is 360 g/mol. The number of aliphatic hydroxyl groups is 1. The van der Waals surface area contributed by atoms with Crippen LogP contribution in [0.25, 0.3) is 0 Å². The molecule has 0 amide bonds. The molecule has 0 aliphatic rings. The van der Waals surface area contributed by atoms with Crippen LogP contribution >= 0.6 is 0 Å². The Hall–Kier alpha value is -1.14. The number of hydrogen-bond acceptors (Lipinski definition) is 4. The van der Waals surface area contributed by atoms with Crippen LogP contribution < -0.4 is 0 Å². The van der Waals surface area contributed by atoms with E-state index in [9.17, 15) is 14.7 Å². The zero-order chi connectivity index (χ0) is 19.3. The standard InChI is InChI=1S/C19H37NO5/c1-16(21)12-10-8-6-5-7-9-11-13-19(24)25-17(14-18(22)23)15-20(2,3)4/h16-17,21H,5-15H2,1-4H3/p+1. The average Bonchev–Trinajstić information content (AvgIpc) is 2.42. The highest BCUT2D eigenvalue weighted by Gasteiger charge is 2.24. The summed E-state index contributed by atoms with van der Waals surface area (Å²) in [5.41, 5.74) is 0. The van der Waals surface area contributed by atoms with Crippen molar-refractivity contribution < 1.29 is 29.0 Å². The fourth-order valence-corrected chi connectivity index (χ4v) is 2.79. The van der Waals surface area contributed by atoms with E-state index >= 15 is 0 Å². The molecule has 0 saturated carbocycles. The number of esters is 1. The minimum absolute atomic E-state index is 0.145. The summed E-state index contributed by atoms with van der Waals surface area (Å²) in [5.74, 6) is -1.24. The first kappa shape index (κ1) is 23.9. The number of carboxylic acid groups (broad SMARTS) is 1. The molecule has 25 heavy (non-hydrogen) atoms. The molecule has 0 heterocycles. The Labute approximate surface area is 152 Å². The van der Waals surface area contributed by atoms with Crippen molar-refractivity contribution in [1.29, 1.82) is 0 Å². The minimum Gasteiger partial charge on any atom is -0.481 e. The zero-order valence-corrected chi connectivity index (χ0v) is 16.5. The third-order valence-corrected chi connectivity index (χ3v) is 3.95. The lowest BCUT2D eigenvalue weighted by atomic mass is 10.1. The molecule has 0 aliphatic heterocycles. The lowest BCUT2D eigenvalue weighted by molar-refractivity contribution is -0.873. The fraction of sp³-hybridized carbons (Fsp3) is 0.895. The lowest BCUT2D eigenvalue weighted by Crippen LogP contribution is -2.43. The summed E-state index contributed by atoms with van der Waals surface area (Å²) in [7, 11) is 5.84. The van der Waals surface area contributed by atoms with E-state index in [1.54, 1.807) is 0 Å². The van der Waals surface area contributed by atoms with Gasteiger partial charge in [-0.25, -0.2) is 0 Å². The van der Waals surface area contributed by atoms with E-state index < -0.39 is 12.1 Å². The molecule has 0 aromatic heterocycles. The van der Waals surface area contributed by atoms with Gasteiger partial charge in [-0.3, -0.25) is 9.59 Å². The van der Waals surface area contributed by atoms with Gasteiger partial charge < -0.3 is 19.4 Å². The Morgan fingerprint density at radius 3 is 1.96 bits per heavy atom. The average molecular weight is 361 g/mol. The SMILES string of the molecule is CC(O)CCCCCCCCCC(=O)OC(CC(=O)O)C[N+](C)(C)C. The lowest BCUT2D eigenvalue weighted by Gasteiger charge is -2.28. The van der Waals surface area contributed by atoms with E-state index in [2.05, 4.69) is 0 Å². The van der Waals surface area contributed by atoms with E-state index in [1.165, 1.54) is 6.42 Å². The third-order valence-electron chi connectivity index (χ3n) is 3.95. The number of nitrogens with zero attached hydrogens (tertiary/aromatic N) is 1. The van der Waals surface area contributed by atoms with Crippen molar-refractivity contribution in [2.45, 2.75) is 83.3 Å². The van der Waals surface area contributed by atoms with Crippen LogP contribution in [-0.2, 0) is 14.3 Å². The fourth-order valence-electron chi connectivity index (χ4n) is 2.79. The topological polar surface area (TPSA) is 83.8 Å². The summed E-state index contributed by atoms with van der Waals surface area (Å²) in [6.07, 6.45) is 7.72. The molecule has 0 fully saturated rings. The maximum Gasteiger partial charge on any atom is 0.307 e. The molecular weight excluding hydrogens is 322 g/mol. The molecule has 0 bridgehead atoms. The second-order valence-corrected chi connectivity index (χ2v) is 8.05. The molecule has 2 N–H and O–H groups in total. The van der Waals surface area contributed by atoms with Gasteiger partial charge in [0.15, 0.2) is 6.10 Å². The van der Waals surface area contributed by atoms with Gasteiger partial charge in [0.25, 0.3) is 0 Å². The number of likely N-dealkylation sites (N-methyl/N-ethyl adjacent to an activating group) is 1. The van der Waals surface area contributed by atoms with Gasteiger partial charge in [-0.15, -0.1) is 0 Å². The first-order valence-corrected chi connectivity index (χ1v) is 9.50. The minimum atomic E-state index is -0.943. The number of unbranched alkanes of at least 4 members (excludes halogenated alkanes) is 6. The predicted octanol–water partition coefficient (Wildman–Crippen LogP) is 2.97. The van der Waals surface area contributed by atoms with Gasteiger partial charge in [-0.1, -0.05) is 38.5 Å².